The van der Waals surface area contributed by atoms with E-state index in [1.165, 1.54) is 12.1 Å². The van der Waals surface area contributed by atoms with Gasteiger partial charge in [-0.05, 0) is 47.7 Å². The molecule has 4 nitrogen and oxygen atoms in total. The lowest BCUT2D eigenvalue weighted by Crippen LogP contribution is -1.88. The number of hydrogen-bond donors (Lipinski definition) is 0. The van der Waals surface area contributed by atoms with Gasteiger partial charge in [0.1, 0.15) is 0 Å². The van der Waals surface area contributed by atoms with Gasteiger partial charge < -0.3 is 0 Å². The number of nitrogens with zero attached hydrogens (tertiary/aromatic N) is 2. The number of aryl methyl sites for hydroxylation is 1. The molecule has 0 aliphatic carbocycles. The van der Waals surface area contributed by atoms with Gasteiger partial charge in [0, 0.05) is 17.0 Å². The van der Waals surface area contributed by atoms with Crippen LogP contribution in [0.4, 0.5) is 5.69 Å². The maximum atomic E-state index is 10.6. The van der Waals surface area contributed by atoms with E-state index >= 15 is 0 Å². The number of allylic oxidation sites excluding steroid dienone is 1. The quantitative estimate of drug-likeness (QED) is 0.480. The molecule has 19 heavy (non-hydrogen) atoms. The molecule has 0 spiro atoms. The van der Waals surface area contributed by atoms with Gasteiger partial charge in [-0.25, -0.2) is 0 Å². The number of benzene rings is 1. The van der Waals surface area contributed by atoms with Crippen LogP contribution in [-0.4, -0.2) is 4.92 Å². The molecule has 0 aliphatic heterocycles. The molecule has 0 saturated heterocycles. The Labute approximate surface area is 114 Å². The summed E-state index contributed by atoms with van der Waals surface area (Å²) in [6.07, 6.45) is 1.81. The van der Waals surface area contributed by atoms with E-state index in [9.17, 15) is 15.4 Å². The minimum absolute atomic E-state index is 0.0216. The molecule has 1 aromatic carbocycles. The summed E-state index contributed by atoms with van der Waals surface area (Å²) in [4.78, 5) is 11.1. The van der Waals surface area contributed by atoms with E-state index < -0.39 is 4.92 Å². The number of non-ortho nitro benzene ring substituents is 1. The third-order valence-electron chi connectivity index (χ3n) is 2.69. The first kappa shape index (κ1) is 13.0. The van der Waals surface area contributed by atoms with Crippen molar-refractivity contribution < 1.29 is 4.92 Å². The summed E-state index contributed by atoms with van der Waals surface area (Å²) in [5, 5.41) is 21.7. The van der Waals surface area contributed by atoms with E-state index in [2.05, 4.69) is 6.07 Å². The van der Waals surface area contributed by atoms with Crippen LogP contribution in [0.3, 0.4) is 0 Å². The third kappa shape index (κ3) is 2.87. The largest absolute Gasteiger partial charge is 0.269 e. The monoisotopic (exact) mass is 270 g/mol. The van der Waals surface area contributed by atoms with Crippen molar-refractivity contribution in [1.82, 2.24) is 0 Å². The third-order valence-corrected chi connectivity index (χ3v) is 3.65. The van der Waals surface area contributed by atoms with Crippen LogP contribution in [-0.2, 0) is 0 Å². The van der Waals surface area contributed by atoms with Crippen molar-refractivity contribution in [3.8, 4) is 6.07 Å². The number of nitro benzene ring substituents is 1. The Morgan fingerprint density at radius 1 is 1.37 bits per heavy atom. The van der Waals surface area contributed by atoms with Gasteiger partial charge in [-0.3, -0.25) is 10.1 Å². The smallest absolute Gasteiger partial charge is 0.258 e. The lowest BCUT2D eigenvalue weighted by molar-refractivity contribution is -0.384. The van der Waals surface area contributed by atoms with Gasteiger partial charge >= 0.3 is 0 Å². The van der Waals surface area contributed by atoms with Crippen LogP contribution in [0, 0.1) is 28.4 Å². The van der Waals surface area contributed by atoms with E-state index in [0.717, 1.165) is 10.4 Å². The second kappa shape index (κ2) is 5.46. The predicted molar refractivity (Wildman–Crippen MR) is 75.6 cm³/mol. The number of nitro groups is 1. The summed E-state index contributed by atoms with van der Waals surface area (Å²) in [6.45, 7) is 1.98. The topological polar surface area (TPSA) is 66.9 Å². The zero-order chi connectivity index (χ0) is 13.8. The Hall–Kier alpha value is -2.45. The van der Waals surface area contributed by atoms with Gasteiger partial charge in [0.2, 0.25) is 0 Å². The maximum Gasteiger partial charge on any atom is 0.269 e. The number of hydrogen-bond acceptors (Lipinski definition) is 4. The Balaban J connectivity index is 2.38. The van der Waals surface area contributed by atoms with Crippen LogP contribution in [0.15, 0.2) is 35.7 Å². The highest BCUT2D eigenvalue weighted by Crippen LogP contribution is 2.24. The Morgan fingerprint density at radius 3 is 2.53 bits per heavy atom. The van der Waals surface area contributed by atoms with Crippen LogP contribution in [0.1, 0.15) is 16.0 Å². The molecule has 0 saturated carbocycles. The van der Waals surface area contributed by atoms with Crippen molar-refractivity contribution in [3.63, 3.8) is 0 Å². The molecule has 2 aromatic rings. The van der Waals surface area contributed by atoms with Crippen LogP contribution in [0.2, 0.25) is 0 Å². The van der Waals surface area contributed by atoms with Crippen LogP contribution < -0.4 is 0 Å². The summed E-state index contributed by atoms with van der Waals surface area (Å²) in [7, 11) is 0. The molecule has 0 bridgehead atoms. The van der Waals surface area contributed by atoms with Crippen molar-refractivity contribution in [2.75, 3.05) is 0 Å². The lowest BCUT2D eigenvalue weighted by Gasteiger charge is -1.99. The second-order valence-electron chi connectivity index (χ2n) is 3.94. The average molecular weight is 270 g/mol. The van der Waals surface area contributed by atoms with E-state index in [0.29, 0.717) is 11.1 Å². The summed E-state index contributed by atoms with van der Waals surface area (Å²) >= 11 is 1.56. The minimum Gasteiger partial charge on any atom is -0.258 e. The molecular weight excluding hydrogens is 260 g/mol. The van der Waals surface area contributed by atoms with E-state index in [4.69, 9.17) is 0 Å². The summed E-state index contributed by atoms with van der Waals surface area (Å²) < 4.78 is 0. The lowest BCUT2D eigenvalue weighted by atomic mass is 10.1. The normalized spacial score (nSPS) is 11.1. The molecule has 94 valence electrons. The van der Waals surface area contributed by atoms with E-state index in [-0.39, 0.29) is 5.69 Å². The molecule has 0 amide bonds. The molecule has 0 atom stereocenters. The molecule has 0 fully saturated rings. The SMILES string of the molecule is Cc1ccsc1/C=C(\C#N)c1ccc([N+](=O)[O-])cc1. The number of rotatable bonds is 3. The predicted octanol–water partition coefficient (Wildman–Crippen LogP) is 4.03. The summed E-state index contributed by atoms with van der Waals surface area (Å²) in [5.74, 6) is 0. The Bertz CT molecular complexity index is 678. The van der Waals surface area contributed by atoms with Gasteiger partial charge in [0.15, 0.2) is 0 Å². The van der Waals surface area contributed by atoms with Crippen LogP contribution >= 0.6 is 11.3 Å². The Morgan fingerprint density at radius 2 is 2.05 bits per heavy atom. The van der Waals surface area contributed by atoms with Crippen molar-refractivity contribution in [3.05, 3.63) is 61.8 Å². The van der Waals surface area contributed by atoms with E-state index in [1.807, 2.05) is 18.4 Å². The van der Waals surface area contributed by atoms with Crippen molar-refractivity contribution >= 4 is 28.7 Å². The molecule has 1 aromatic heterocycles. The first-order valence-electron chi connectivity index (χ1n) is 5.52. The van der Waals surface area contributed by atoms with Gasteiger partial charge in [0.05, 0.1) is 16.6 Å². The van der Waals surface area contributed by atoms with E-state index in [1.54, 1.807) is 29.5 Å². The average Bonchev–Trinajstić information content (AvgIpc) is 2.81. The van der Waals surface area contributed by atoms with Crippen molar-refractivity contribution in [1.29, 1.82) is 5.26 Å². The van der Waals surface area contributed by atoms with Crippen LogP contribution in [0.5, 0.6) is 0 Å². The summed E-state index contributed by atoms with van der Waals surface area (Å²) in [6, 6.07) is 10.1. The molecule has 5 heteroatoms. The highest BCUT2D eigenvalue weighted by Gasteiger charge is 2.07. The second-order valence-corrected chi connectivity index (χ2v) is 4.89. The zero-order valence-electron chi connectivity index (χ0n) is 10.2. The fourth-order valence-corrected chi connectivity index (χ4v) is 2.46. The van der Waals surface area contributed by atoms with Crippen molar-refractivity contribution in [2.24, 2.45) is 0 Å². The molecule has 1 heterocycles. The first-order valence-corrected chi connectivity index (χ1v) is 6.40. The summed E-state index contributed by atoms with van der Waals surface area (Å²) in [5.41, 5.74) is 2.31. The van der Waals surface area contributed by atoms with Gasteiger partial charge in [-0.2, -0.15) is 5.26 Å². The molecule has 0 N–H and O–H groups in total. The highest BCUT2D eigenvalue weighted by atomic mass is 32.1. The standard InChI is InChI=1S/C14H10N2O2S/c1-10-6-7-19-14(10)8-12(9-15)11-2-4-13(5-3-11)16(17)18/h2-8H,1H3/b12-8+. The maximum absolute atomic E-state index is 10.6. The Kier molecular flexibility index (Phi) is 3.74. The van der Waals surface area contributed by atoms with Gasteiger partial charge in [0.25, 0.3) is 5.69 Å². The number of thiophene rings is 1. The molecule has 2 rings (SSSR count). The zero-order valence-corrected chi connectivity index (χ0v) is 11.0. The fraction of sp³-hybridized carbons (Fsp3) is 0.0714. The molecule has 0 unspecified atom stereocenters. The molecule has 0 radical (unpaired) electrons. The van der Waals surface area contributed by atoms with Gasteiger partial charge in [-0.15, -0.1) is 11.3 Å². The minimum atomic E-state index is -0.455. The van der Waals surface area contributed by atoms with Crippen LogP contribution in [0.25, 0.3) is 11.6 Å². The van der Waals surface area contributed by atoms with Gasteiger partial charge in [-0.1, -0.05) is 0 Å². The first-order chi connectivity index (χ1) is 9.11. The fourth-order valence-electron chi connectivity index (χ4n) is 1.61. The van der Waals surface area contributed by atoms with Crippen molar-refractivity contribution in [2.45, 2.75) is 6.92 Å². The highest BCUT2D eigenvalue weighted by molar-refractivity contribution is 7.11. The molecule has 0 aliphatic rings. The molecular formula is C14H10N2O2S. The number of nitriles is 1.